The minimum absolute atomic E-state index is 0.822. The predicted molar refractivity (Wildman–Crippen MR) is 70.5 cm³/mol. The number of benzene rings is 1. The smallest absolute Gasteiger partial charge is 0.0452 e. The average Bonchev–Trinajstić information content (AvgIpc) is 2.20. The third-order valence-corrected chi connectivity index (χ3v) is 2.93. The standard InChI is InChI=1S/C12H15BrClN/c1-15-8-4-2-3-5-10-6-7-11(13)9-12(10)14/h2-3,6-7,9,15H,4-5,8H2,1H3/b3-2+. The molecule has 0 bridgehead atoms. The van der Waals surface area contributed by atoms with Crippen LogP contribution in [-0.4, -0.2) is 13.6 Å². The van der Waals surface area contributed by atoms with Gasteiger partial charge in [0, 0.05) is 9.50 Å². The number of nitrogens with one attached hydrogen (secondary N) is 1. The highest BCUT2D eigenvalue weighted by molar-refractivity contribution is 9.10. The number of hydrogen-bond donors (Lipinski definition) is 1. The molecular weight excluding hydrogens is 273 g/mol. The Kier molecular flexibility index (Phi) is 5.99. The van der Waals surface area contributed by atoms with Crippen LogP contribution in [0.3, 0.4) is 0 Å². The highest BCUT2D eigenvalue weighted by atomic mass is 79.9. The first kappa shape index (κ1) is 12.8. The topological polar surface area (TPSA) is 12.0 Å². The van der Waals surface area contributed by atoms with Gasteiger partial charge in [-0.2, -0.15) is 0 Å². The van der Waals surface area contributed by atoms with E-state index in [2.05, 4.69) is 39.5 Å². The second-order valence-electron chi connectivity index (χ2n) is 3.30. The number of rotatable bonds is 5. The normalized spacial score (nSPS) is 11.1. The Hall–Kier alpha value is -0.310. The Labute approximate surface area is 105 Å². The van der Waals surface area contributed by atoms with E-state index in [1.54, 1.807) is 0 Å². The van der Waals surface area contributed by atoms with Gasteiger partial charge >= 0.3 is 0 Å². The fourth-order valence-electron chi connectivity index (χ4n) is 1.24. The molecule has 1 N–H and O–H groups in total. The molecule has 0 aliphatic carbocycles. The van der Waals surface area contributed by atoms with Crippen LogP contribution in [0.25, 0.3) is 0 Å². The quantitative estimate of drug-likeness (QED) is 0.642. The van der Waals surface area contributed by atoms with Gasteiger partial charge in [0.25, 0.3) is 0 Å². The van der Waals surface area contributed by atoms with E-state index in [-0.39, 0.29) is 0 Å². The Balaban J connectivity index is 2.47. The van der Waals surface area contributed by atoms with Crippen molar-refractivity contribution >= 4 is 27.5 Å². The molecule has 0 fully saturated rings. The molecule has 0 spiro atoms. The molecule has 82 valence electrons. The SMILES string of the molecule is CNCC/C=C/Cc1ccc(Br)cc1Cl. The third-order valence-electron chi connectivity index (χ3n) is 2.08. The van der Waals surface area contributed by atoms with Crippen LogP contribution in [0.2, 0.25) is 5.02 Å². The Morgan fingerprint density at radius 3 is 2.87 bits per heavy atom. The molecule has 0 heterocycles. The summed E-state index contributed by atoms with van der Waals surface area (Å²) in [6, 6.07) is 6.00. The largest absolute Gasteiger partial charge is 0.319 e. The Bertz CT molecular complexity index is 336. The van der Waals surface area contributed by atoms with Gasteiger partial charge in [-0.25, -0.2) is 0 Å². The maximum atomic E-state index is 6.09. The Morgan fingerprint density at radius 1 is 1.40 bits per heavy atom. The van der Waals surface area contributed by atoms with Gasteiger partial charge < -0.3 is 5.32 Å². The summed E-state index contributed by atoms with van der Waals surface area (Å²) >= 11 is 9.48. The molecule has 0 unspecified atom stereocenters. The first-order valence-corrected chi connectivity index (χ1v) is 6.14. The second-order valence-corrected chi connectivity index (χ2v) is 4.63. The van der Waals surface area contributed by atoms with Crippen LogP contribution in [0.1, 0.15) is 12.0 Å². The summed E-state index contributed by atoms with van der Waals surface area (Å²) in [5.74, 6) is 0. The summed E-state index contributed by atoms with van der Waals surface area (Å²) in [6.07, 6.45) is 6.29. The van der Waals surface area contributed by atoms with Crippen molar-refractivity contribution in [3.05, 3.63) is 45.4 Å². The summed E-state index contributed by atoms with van der Waals surface area (Å²) in [6.45, 7) is 1.02. The van der Waals surface area contributed by atoms with Gasteiger partial charge in [0.1, 0.15) is 0 Å². The Morgan fingerprint density at radius 2 is 2.20 bits per heavy atom. The van der Waals surface area contributed by atoms with E-state index >= 15 is 0 Å². The summed E-state index contributed by atoms with van der Waals surface area (Å²) in [4.78, 5) is 0. The second kappa shape index (κ2) is 7.04. The highest BCUT2D eigenvalue weighted by Crippen LogP contribution is 2.21. The van der Waals surface area contributed by atoms with Gasteiger partial charge in [0.2, 0.25) is 0 Å². The molecule has 1 aromatic rings. The number of allylic oxidation sites excluding steroid dienone is 1. The lowest BCUT2D eigenvalue weighted by Crippen LogP contribution is -2.05. The lowest BCUT2D eigenvalue weighted by atomic mass is 10.1. The zero-order valence-corrected chi connectivity index (χ0v) is 11.1. The van der Waals surface area contributed by atoms with E-state index in [0.717, 1.165) is 28.9 Å². The molecule has 1 rings (SSSR count). The zero-order chi connectivity index (χ0) is 11.1. The molecule has 15 heavy (non-hydrogen) atoms. The number of halogens is 2. The van der Waals surface area contributed by atoms with Crippen LogP contribution in [0, 0.1) is 0 Å². The third kappa shape index (κ3) is 4.83. The predicted octanol–water partition coefficient (Wildman–Crippen LogP) is 3.81. The molecule has 1 aromatic carbocycles. The maximum Gasteiger partial charge on any atom is 0.0452 e. The van der Waals surface area contributed by atoms with Crippen LogP contribution < -0.4 is 5.32 Å². The van der Waals surface area contributed by atoms with Crippen LogP contribution in [0.15, 0.2) is 34.8 Å². The minimum Gasteiger partial charge on any atom is -0.319 e. The van der Waals surface area contributed by atoms with Crippen LogP contribution in [0.4, 0.5) is 0 Å². The van der Waals surface area contributed by atoms with E-state index < -0.39 is 0 Å². The summed E-state index contributed by atoms with van der Waals surface area (Å²) < 4.78 is 1.02. The van der Waals surface area contributed by atoms with E-state index in [4.69, 9.17) is 11.6 Å². The van der Waals surface area contributed by atoms with E-state index in [1.807, 2.05) is 19.2 Å². The monoisotopic (exact) mass is 287 g/mol. The van der Waals surface area contributed by atoms with Crippen molar-refractivity contribution in [2.45, 2.75) is 12.8 Å². The van der Waals surface area contributed by atoms with E-state index in [0.29, 0.717) is 0 Å². The first-order chi connectivity index (χ1) is 7.24. The molecule has 3 heteroatoms. The summed E-state index contributed by atoms with van der Waals surface area (Å²) in [7, 11) is 1.96. The van der Waals surface area contributed by atoms with E-state index in [9.17, 15) is 0 Å². The molecular formula is C12H15BrClN. The molecule has 0 aliphatic heterocycles. The fraction of sp³-hybridized carbons (Fsp3) is 0.333. The number of hydrogen-bond acceptors (Lipinski definition) is 1. The van der Waals surface area contributed by atoms with Crippen molar-refractivity contribution in [2.75, 3.05) is 13.6 Å². The molecule has 0 saturated carbocycles. The lowest BCUT2D eigenvalue weighted by molar-refractivity contribution is 0.806. The molecule has 0 aromatic heterocycles. The first-order valence-electron chi connectivity index (χ1n) is 4.97. The maximum absolute atomic E-state index is 6.09. The highest BCUT2D eigenvalue weighted by Gasteiger charge is 1.98. The van der Waals surface area contributed by atoms with Gasteiger partial charge in [-0.1, -0.05) is 45.7 Å². The van der Waals surface area contributed by atoms with Crippen molar-refractivity contribution in [1.29, 1.82) is 0 Å². The van der Waals surface area contributed by atoms with Gasteiger partial charge in [-0.15, -0.1) is 0 Å². The summed E-state index contributed by atoms with van der Waals surface area (Å²) in [5, 5.41) is 3.92. The van der Waals surface area contributed by atoms with Crippen molar-refractivity contribution < 1.29 is 0 Å². The average molecular weight is 289 g/mol. The molecule has 0 amide bonds. The lowest BCUT2D eigenvalue weighted by Gasteiger charge is -2.01. The molecule has 0 aliphatic rings. The fourth-order valence-corrected chi connectivity index (χ4v) is 1.99. The van der Waals surface area contributed by atoms with Crippen molar-refractivity contribution in [1.82, 2.24) is 5.32 Å². The van der Waals surface area contributed by atoms with Crippen molar-refractivity contribution in [2.24, 2.45) is 0 Å². The minimum atomic E-state index is 0.822. The van der Waals surface area contributed by atoms with Crippen LogP contribution >= 0.6 is 27.5 Å². The molecule has 0 saturated heterocycles. The van der Waals surface area contributed by atoms with E-state index in [1.165, 1.54) is 5.56 Å². The van der Waals surface area contributed by atoms with Gasteiger partial charge in [-0.05, 0) is 44.1 Å². The molecule has 0 atom stereocenters. The molecule has 1 nitrogen and oxygen atoms in total. The molecule has 0 radical (unpaired) electrons. The van der Waals surface area contributed by atoms with Gasteiger partial charge in [0.15, 0.2) is 0 Å². The van der Waals surface area contributed by atoms with Gasteiger partial charge in [0.05, 0.1) is 0 Å². The van der Waals surface area contributed by atoms with Crippen LogP contribution in [0.5, 0.6) is 0 Å². The zero-order valence-electron chi connectivity index (χ0n) is 8.76. The van der Waals surface area contributed by atoms with Gasteiger partial charge in [-0.3, -0.25) is 0 Å². The van der Waals surface area contributed by atoms with Crippen LogP contribution in [-0.2, 0) is 6.42 Å². The summed E-state index contributed by atoms with van der Waals surface area (Å²) in [5.41, 5.74) is 1.17. The van der Waals surface area contributed by atoms with Crippen molar-refractivity contribution in [3.63, 3.8) is 0 Å². The van der Waals surface area contributed by atoms with Crippen molar-refractivity contribution in [3.8, 4) is 0 Å².